The second-order valence-electron chi connectivity index (χ2n) is 10.1. The maximum absolute atomic E-state index is 13.5. The predicted octanol–water partition coefficient (Wildman–Crippen LogP) is 5.06. The Morgan fingerprint density at radius 2 is 1.68 bits per heavy atom. The van der Waals surface area contributed by atoms with Gasteiger partial charge < -0.3 is 18.6 Å². The molecule has 198 valence electrons. The van der Waals surface area contributed by atoms with Crippen molar-refractivity contribution >= 4 is 28.6 Å². The van der Waals surface area contributed by atoms with E-state index in [0.717, 1.165) is 5.56 Å². The van der Waals surface area contributed by atoms with E-state index in [9.17, 15) is 14.4 Å². The molecule has 1 aromatic heterocycles. The van der Waals surface area contributed by atoms with Gasteiger partial charge in [-0.25, -0.2) is 9.59 Å². The van der Waals surface area contributed by atoms with Crippen molar-refractivity contribution in [1.82, 2.24) is 0 Å². The highest BCUT2D eigenvalue weighted by Gasteiger charge is 2.42. The third kappa shape index (κ3) is 5.69. The Morgan fingerprint density at radius 3 is 2.39 bits per heavy atom. The zero-order valence-electron chi connectivity index (χ0n) is 22.1. The Bertz CT molecular complexity index is 1470. The van der Waals surface area contributed by atoms with E-state index in [2.05, 4.69) is 4.99 Å². The second kappa shape index (κ2) is 11.0. The number of ether oxygens (including phenoxy) is 3. The summed E-state index contributed by atoms with van der Waals surface area (Å²) in [6.45, 7) is 7.50. The first-order valence-corrected chi connectivity index (χ1v) is 12.3. The summed E-state index contributed by atoms with van der Waals surface area (Å²) in [5.74, 6) is -1.96. The molecule has 0 radical (unpaired) electrons. The summed E-state index contributed by atoms with van der Waals surface area (Å²) >= 11 is 0. The minimum Gasteiger partial charge on any atom is -0.492 e. The lowest BCUT2D eigenvalue weighted by atomic mass is 9.75. The molecule has 2 unspecified atom stereocenters. The van der Waals surface area contributed by atoms with Crippen LogP contribution in [0.3, 0.4) is 0 Å². The predicted molar refractivity (Wildman–Crippen MR) is 143 cm³/mol. The van der Waals surface area contributed by atoms with Crippen LogP contribution < -0.4 is 10.4 Å². The normalized spacial score (nSPS) is 17.7. The molecule has 2 aromatic carbocycles. The number of aliphatic imine (C=N–C) groups is 1. The maximum atomic E-state index is 13.5. The van der Waals surface area contributed by atoms with E-state index in [0.29, 0.717) is 33.7 Å². The number of nitrogens with zero attached hydrogens (tertiary/aromatic N) is 1. The molecule has 3 aromatic rings. The summed E-state index contributed by atoms with van der Waals surface area (Å²) < 4.78 is 22.1. The van der Waals surface area contributed by atoms with Crippen molar-refractivity contribution < 1.29 is 28.2 Å². The molecule has 0 amide bonds. The first-order valence-electron chi connectivity index (χ1n) is 12.3. The van der Waals surface area contributed by atoms with Crippen LogP contribution in [0.5, 0.6) is 5.75 Å². The van der Waals surface area contributed by atoms with E-state index in [1.807, 2.05) is 56.3 Å². The van der Waals surface area contributed by atoms with Crippen LogP contribution in [-0.2, 0) is 19.1 Å². The zero-order chi connectivity index (χ0) is 27.4. The first kappa shape index (κ1) is 26.9. The Kier molecular flexibility index (Phi) is 7.80. The SMILES string of the molecule is COC(=O)C1C(C)=NC(C)=C(C(=O)OCC(C)(C)COc2cc(=O)oc3ccccc23)C1c1ccccc1. The summed E-state index contributed by atoms with van der Waals surface area (Å²) in [4.78, 5) is 42.7. The van der Waals surface area contributed by atoms with E-state index >= 15 is 0 Å². The van der Waals surface area contributed by atoms with E-state index in [1.54, 1.807) is 26.0 Å². The third-order valence-electron chi connectivity index (χ3n) is 6.49. The van der Waals surface area contributed by atoms with Crippen LogP contribution in [0.25, 0.3) is 11.0 Å². The van der Waals surface area contributed by atoms with E-state index in [1.165, 1.54) is 13.2 Å². The van der Waals surface area contributed by atoms with Crippen LogP contribution in [0.4, 0.5) is 0 Å². The van der Waals surface area contributed by atoms with Gasteiger partial charge in [-0.2, -0.15) is 0 Å². The monoisotopic (exact) mass is 517 g/mol. The summed E-state index contributed by atoms with van der Waals surface area (Å²) in [5, 5.41) is 0.677. The van der Waals surface area contributed by atoms with Gasteiger partial charge in [0.25, 0.3) is 0 Å². The van der Waals surface area contributed by atoms with Gasteiger partial charge >= 0.3 is 17.6 Å². The smallest absolute Gasteiger partial charge is 0.339 e. The Morgan fingerprint density at radius 1 is 1.00 bits per heavy atom. The van der Waals surface area contributed by atoms with Crippen molar-refractivity contribution in [2.45, 2.75) is 33.6 Å². The molecule has 8 nitrogen and oxygen atoms in total. The highest BCUT2D eigenvalue weighted by Crippen LogP contribution is 2.40. The molecule has 1 aliphatic rings. The fourth-order valence-electron chi connectivity index (χ4n) is 4.61. The van der Waals surface area contributed by atoms with Gasteiger partial charge in [0.2, 0.25) is 0 Å². The number of benzene rings is 2. The van der Waals surface area contributed by atoms with E-state index < -0.39 is 34.8 Å². The minimum atomic E-state index is -0.747. The molecule has 2 atom stereocenters. The van der Waals surface area contributed by atoms with Crippen LogP contribution in [0.1, 0.15) is 39.2 Å². The molecule has 0 spiro atoms. The van der Waals surface area contributed by atoms with Gasteiger partial charge in [-0.05, 0) is 31.5 Å². The molecule has 8 heteroatoms. The molecule has 2 heterocycles. The van der Waals surface area contributed by atoms with E-state index in [4.69, 9.17) is 18.6 Å². The van der Waals surface area contributed by atoms with Gasteiger partial charge in [0.1, 0.15) is 17.3 Å². The Balaban J connectivity index is 1.54. The Hall–Kier alpha value is -4.20. The van der Waals surface area contributed by atoms with Crippen molar-refractivity contribution in [1.29, 1.82) is 0 Å². The summed E-state index contributed by atoms with van der Waals surface area (Å²) in [6, 6.07) is 17.8. The highest BCUT2D eigenvalue weighted by atomic mass is 16.5. The quantitative estimate of drug-likeness (QED) is 0.304. The van der Waals surface area contributed by atoms with Crippen LogP contribution in [0, 0.1) is 11.3 Å². The first-order chi connectivity index (χ1) is 18.1. The number of carbonyl (C=O) groups is 2. The summed E-state index contributed by atoms with van der Waals surface area (Å²) in [7, 11) is 1.32. The van der Waals surface area contributed by atoms with Crippen molar-refractivity contribution in [3.8, 4) is 5.75 Å². The van der Waals surface area contributed by atoms with Crippen LogP contribution in [0.2, 0.25) is 0 Å². The van der Waals surface area contributed by atoms with Crippen molar-refractivity contribution in [2.75, 3.05) is 20.3 Å². The van der Waals surface area contributed by atoms with E-state index in [-0.39, 0.29) is 13.2 Å². The topological polar surface area (TPSA) is 104 Å². The summed E-state index contributed by atoms with van der Waals surface area (Å²) in [5.41, 5.74) is 1.51. The largest absolute Gasteiger partial charge is 0.492 e. The van der Waals surface area contributed by atoms with Crippen LogP contribution in [-0.4, -0.2) is 38.0 Å². The number of methoxy groups -OCH3 is 1. The number of rotatable bonds is 8. The van der Waals surface area contributed by atoms with Gasteiger partial charge in [-0.1, -0.05) is 56.3 Å². The van der Waals surface area contributed by atoms with Crippen molar-refractivity contribution in [3.63, 3.8) is 0 Å². The molecule has 4 rings (SSSR count). The molecule has 0 N–H and O–H groups in total. The number of fused-ring (bicyclic) bond motifs is 1. The van der Waals surface area contributed by atoms with Gasteiger partial charge in [-0.15, -0.1) is 0 Å². The lowest BCUT2D eigenvalue weighted by Gasteiger charge is -2.32. The fraction of sp³-hybridized carbons (Fsp3) is 0.333. The standard InChI is InChI=1S/C30H31NO7/c1-18-25(28(33)35-5)27(20-11-7-6-8-12-20)26(19(2)31-18)29(34)37-17-30(3,4)16-36-23-15-24(32)38-22-14-10-9-13-21(22)23/h6-15,25,27H,16-17H2,1-5H3. The van der Waals surface area contributed by atoms with Crippen LogP contribution in [0.15, 0.2) is 86.1 Å². The lowest BCUT2D eigenvalue weighted by Crippen LogP contribution is -2.37. The Labute approximate surface area is 220 Å². The summed E-state index contributed by atoms with van der Waals surface area (Å²) in [6.07, 6.45) is 0. The average molecular weight is 518 g/mol. The molecule has 0 saturated heterocycles. The maximum Gasteiger partial charge on any atom is 0.339 e. The minimum absolute atomic E-state index is 0.0368. The zero-order valence-corrected chi connectivity index (χ0v) is 22.1. The number of hydrogen-bond acceptors (Lipinski definition) is 8. The molecule has 0 aliphatic carbocycles. The molecule has 38 heavy (non-hydrogen) atoms. The fourth-order valence-corrected chi connectivity index (χ4v) is 4.61. The second-order valence-corrected chi connectivity index (χ2v) is 10.1. The van der Waals surface area contributed by atoms with Gasteiger partial charge in [-0.3, -0.25) is 9.79 Å². The number of hydrogen-bond donors (Lipinski definition) is 0. The molecule has 0 saturated carbocycles. The van der Waals surface area contributed by atoms with Crippen LogP contribution >= 0.6 is 0 Å². The van der Waals surface area contributed by atoms with Gasteiger partial charge in [0, 0.05) is 22.7 Å². The van der Waals surface area contributed by atoms with Gasteiger partial charge in [0.05, 0.1) is 37.3 Å². The number of allylic oxidation sites excluding steroid dienone is 1. The highest BCUT2D eigenvalue weighted by molar-refractivity contribution is 6.07. The molecule has 0 fully saturated rings. The number of para-hydroxylation sites is 1. The van der Waals surface area contributed by atoms with Gasteiger partial charge in [0.15, 0.2) is 0 Å². The molecule has 1 aliphatic heterocycles. The molecule has 0 bridgehead atoms. The number of esters is 2. The van der Waals surface area contributed by atoms with Crippen molar-refractivity contribution in [3.05, 3.63) is 87.9 Å². The lowest BCUT2D eigenvalue weighted by molar-refractivity contribution is -0.145. The average Bonchev–Trinajstić information content (AvgIpc) is 2.90. The van der Waals surface area contributed by atoms with Crippen molar-refractivity contribution in [2.24, 2.45) is 16.3 Å². The molecular formula is C30H31NO7. The third-order valence-corrected chi connectivity index (χ3v) is 6.49. The molecular weight excluding hydrogens is 486 g/mol. The number of carbonyl (C=O) groups excluding carboxylic acids is 2.